The molecule has 0 radical (unpaired) electrons. The third-order valence-electron chi connectivity index (χ3n) is 2.50. The van der Waals surface area contributed by atoms with Crippen LogP contribution in [0.2, 0.25) is 5.15 Å². The molecule has 0 atom stereocenters. The van der Waals surface area contributed by atoms with Crippen LogP contribution in [0.25, 0.3) is 11.0 Å². The largest absolute Gasteiger partial charge is 0.479 e. The van der Waals surface area contributed by atoms with Gasteiger partial charge in [0.1, 0.15) is 11.0 Å². The Balaban J connectivity index is 2.83. The molecule has 86 valence electrons. The van der Waals surface area contributed by atoms with E-state index in [1.54, 1.807) is 7.11 Å². The fourth-order valence-electron chi connectivity index (χ4n) is 1.95. The molecule has 5 heteroatoms. The van der Waals surface area contributed by atoms with Gasteiger partial charge in [0.2, 0.25) is 5.88 Å². The maximum atomic E-state index is 5.96. The first-order valence-corrected chi connectivity index (χ1v) is 5.51. The Morgan fingerprint density at radius 1 is 1.38 bits per heavy atom. The summed E-state index contributed by atoms with van der Waals surface area (Å²) >= 11 is 5.96. The van der Waals surface area contributed by atoms with Gasteiger partial charge in [-0.05, 0) is 20.8 Å². The van der Waals surface area contributed by atoms with E-state index in [0.717, 1.165) is 16.9 Å². The van der Waals surface area contributed by atoms with E-state index in [0.29, 0.717) is 17.1 Å². The van der Waals surface area contributed by atoms with Gasteiger partial charge in [-0.3, -0.25) is 0 Å². The number of halogens is 1. The maximum absolute atomic E-state index is 5.96. The van der Waals surface area contributed by atoms with Crippen LogP contribution in [-0.4, -0.2) is 21.6 Å². The molecule has 2 heterocycles. The molecule has 0 spiro atoms. The van der Waals surface area contributed by atoms with Gasteiger partial charge in [-0.2, -0.15) is 4.98 Å². The lowest BCUT2D eigenvalue weighted by atomic mass is 10.3. The van der Waals surface area contributed by atoms with Crippen molar-refractivity contribution in [2.45, 2.75) is 26.8 Å². The van der Waals surface area contributed by atoms with Crippen molar-refractivity contribution in [3.05, 3.63) is 17.0 Å². The highest BCUT2D eigenvalue weighted by Gasteiger charge is 2.15. The number of methoxy groups -OCH3 is 1. The summed E-state index contributed by atoms with van der Waals surface area (Å²) in [4.78, 5) is 8.56. The number of hydrogen-bond acceptors (Lipinski definition) is 3. The van der Waals surface area contributed by atoms with Crippen molar-refractivity contribution in [1.29, 1.82) is 0 Å². The van der Waals surface area contributed by atoms with Crippen LogP contribution in [0.4, 0.5) is 0 Å². The van der Waals surface area contributed by atoms with E-state index in [4.69, 9.17) is 16.3 Å². The van der Waals surface area contributed by atoms with E-state index in [-0.39, 0.29) is 0 Å². The van der Waals surface area contributed by atoms with Crippen molar-refractivity contribution in [3.63, 3.8) is 0 Å². The highest BCUT2D eigenvalue weighted by molar-refractivity contribution is 6.30. The number of imidazole rings is 1. The SMILES string of the molecule is COc1nc(Cl)cc2c1nc(C)n2C(C)C. The van der Waals surface area contributed by atoms with Gasteiger partial charge in [-0.15, -0.1) is 0 Å². The van der Waals surface area contributed by atoms with Crippen LogP contribution in [-0.2, 0) is 0 Å². The van der Waals surface area contributed by atoms with Crippen LogP contribution in [0.3, 0.4) is 0 Å². The van der Waals surface area contributed by atoms with Gasteiger partial charge in [-0.25, -0.2) is 4.98 Å². The van der Waals surface area contributed by atoms with Crippen LogP contribution in [0.15, 0.2) is 6.07 Å². The molecule has 0 aliphatic rings. The van der Waals surface area contributed by atoms with Gasteiger partial charge < -0.3 is 9.30 Å². The number of aryl methyl sites for hydroxylation is 1. The highest BCUT2D eigenvalue weighted by atomic mass is 35.5. The Morgan fingerprint density at radius 2 is 2.06 bits per heavy atom. The molecule has 0 aliphatic carbocycles. The van der Waals surface area contributed by atoms with Crippen molar-refractivity contribution in [3.8, 4) is 5.88 Å². The minimum absolute atomic E-state index is 0.327. The summed E-state index contributed by atoms with van der Waals surface area (Å²) in [7, 11) is 1.57. The van der Waals surface area contributed by atoms with Gasteiger partial charge in [0, 0.05) is 12.1 Å². The zero-order valence-corrected chi connectivity index (χ0v) is 10.5. The van der Waals surface area contributed by atoms with Gasteiger partial charge in [0.05, 0.1) is 12.6 Å². The average Bonchev–Trinajstić information content (AvgIpc) is 2.52. The minimum Gasteiger partial charge on any atom is -0.479 e. The zero-order valence-electron chi connectivity index (χ0n) is 9.78. The molecule has 2 aromatic rings. The molecule has 0 aromatic carbocycles. The molecular formula is C11H14ClN3O. The van der Waals surface area contributed by atoms with Crippen LogP contribution >= 0.6 is 11.6 Å². The molecule has 0 saturated carbocycles. The second-order valence-corrected chi connectivity index (χ2v) is 4.33. The fraction of sp³-hybridized carbons (Fsp3) is 0.455. The number of hydrogen-bond donors (Lipinski definition) is 0. The first-order valence-electron chi connectivity index (χ1n) is 5.13. The Morgan fingerprint density at radius 3 is 2.62 bits per heavy atom. The number of ether oxygens (including phenoxy) is 1. The van der Waals surface area contributed by atoms with Crippen molar-refractivity contribution in [2.75, 3.05) is 7.11 Å². The van der Waals surface area contributed by atoms with E-state index in [1.165, 1.54) is 0 Å². The van der Waals surface area contributed by atoms with Gasteiger partial charge >= 0.3 is 0 Å². The molecule has 4 nitrogen and oxygen atoms in total. The van der Waals surface area contributed by atoms with Crippen LogP contribution < -0.4 is 4.74 Å². The number of nitrogens with zero attached hydrogens (tertiary/aromatic N) is 3. The second kappa shape index (κ2) is 3.94. The van der Waals surface area contributed by atoms with Gasteiger partial charge in [0.25, 0.3) is 0 Å². The van der Waals surface area contributed by atoms with Crippen molar-refractivity contribution >= 4 is 22.6 Å². The lowest BCUT2D eigenvalue weighted by molar-refractivity contribution is 0.402. The number of fused-ring (bicyclic) bond motifs is 1. The molecule has 0 fully saturated rings. The standard InChI is InChI=1S/C11H14ClN3O/c1-6(2)15-7(3)13-10-8(15)5-9(12)14-11(10)16-4/h5-6H,1-4H3. The molecule has 16 heavy (non-hydrogen) atoms. The first kappa shape index (κ1) is 11.2. The summed E-state index contributed by atoms with van der Waals surface area (Å²) in [5.41, 5.74) is 1.72. The summed E-state index contributed by atoms with van der Waals surface area (Å²) in [6.07, 6.45) is 0. The number of pyridine rings is 1. The van der Waals surface area contributed by atoms with E-state index in [9.17, 15) is 0 Å². The summed E-state index contributed by atoms with van der Waals surface area (Å²) in [5.74, 6) is 1.41. The topological polar surface area (TPSA) is 39.9 Å². The molecule has 0 unspecified atom stereocenters. The third-order valence-corrected chi connectivity index (χ3v) is 2.69. The number of rotatable bonds is 2. The number of aromatic nitrogens is 3. The van der Waals surface area contributed by atoms with Gasteiger partial charge in [-0.1, -0.05) is 11.6 Å². The zero-order chi connectivity index (χ0) is 11.9. The van der Waals surface area contributed by atoms with E-state index < -0.39 is 0 Å². The van der Waals surface area contributed by atoms with Gasteiger partial charge in [0.15, 0.2) is 5.52 Å². The third kappa shape index (κ3) is 1.63. The normalized spacial score (nSPS) is 11.4. The lowest BCUT2D eigenvalue weighted by Gasteiger charge is -2.10. The molecule has 0 bridgehead atoms. The van der Waals surface area contributed by atoms with Crippen molar-refractivity contribution in [1.82, 2.24) is 14.5 Å². The minimum atomic E-state index is 0.327. The Hall–Kier alpha value is -1.29. The van der Waals surface area contributed by atoms with Crippen LogP contribution in [0.1, 0.15) is 25.7 Å². The second-order valence-electron chi connectivity index (χ2n) is 3.94. The van der Waals surface area contributed by atoms with Crippen molar-refractivity contribution in [2.24, 2.45) is 0 Å². The predicted molar refractivity (Wildman–Crippen MR) is 64.2 cm³/mol. The average molecular weight is 240 g/mol. The first-order chi connectivity index (χ1) is 7.54. The summed E-state index contributed by atoms with van der Waals surface area (Å²) in [6, 6.07) is 2.15. The highest BCUT2D eigenvalue weighted by Crippen LogP contribution is 2.28. The Kier molecular flexibility index (Phi) is 2.76. The van der Waals surface area contributed by atoms with Crippen molar-refractivity contribution < 1.29 is 4.74 Å². The Labute approximate surface area is 99.2 Å². The van der Waals surface area contributed by atoms with Crippen LogP contribution in [0, 0.1) is 6.92 Å². The lowest BCUT2D eigenvalue weighted by Crippen LogP contribution is -2.02. The summed E-state index contributed by atoms with van der Waals surface area (Å²) < 4.78 is 7.30. The predicted octanol–water partition coefficient (Wildman–Crippen LogP) is 2.98. The molecule has 2 aromatic heterocycles. The molecule has 0 aliphatic heterocycles. The molecule has 0 amide bonds. The summed E-state index contributed by atoms with van der Waals surface area (Å²) in [6.45, 7) is 6.18. The summed E-state index contributed by atoms with van der Waals surface area (Å²) in [5, 5.41) is 0.422. The monoisotopic (exact) mass is 239 g/mol. The quantitative estimate of drug-likeness (QED) is 0.757. The smallest absolute Gasteiger partial charge is 0.243 e. The molecule has 2 rings (SSSR count). The van der Waals surface area contributed by atoms with E-state index >= 15 is 0 Å². The van der Waals surface area contributed by atoms with Crippen LogP contribution in [0.5, 0.6) is 5.88 Å². The fourth-order valence-corrected chi connectivity index (χ4v) is 2.13. The molecular weight excluding hydrogens is 226 g/mol. The Bertz CT molecular complexity index is 533. The van der Waals surface area contributed by atoms with E-state index in [1.807, 2.05) is 13.0 Å². The van der Waals surface area contributed by atoms with E-state index in [2.05, 4.69) is 28.4 Å². The molecule has 0 saturated heterocycles. The maximum Gasteiger partial charge on any atom is 0.243 e. The molecule has 0 N–H and O–H groups in total.